The molecule has 4 nitrogen and oxygen atoms in total. The summed E-state index contributed by atoms with van der Waals surface area (Å²) in [5.74, 6) is 0.716. The van der Waals surface area contributed by atoms with Gasteiger partial charge in [-0.2, -0.15) is 0 Å². The van der Waals surface area contributed by atoms with Crippen LogP contribution in [0, 0.1) is 13.8 Å². The zero-order valence-electron chi connectivity index (χ0n) is 15.6. The van der Waals surface area contributed by atoms with Crippen molar-refractivity contribution < 1.29 is 9.53 Å². The minimum absolute atomic E-state index is 0.0649. The predicted molar refractivity (Wildman–Crippen MR) is 103 cm³/mol. The summed E-state index contributed by atoms with van der Waals surface area (Å²) in [6, 6.07) is 16.0. The second kappa shape index (κ2) is 9.11. The Labute approximate surface area is 150 Å². The fourth-order valence-electron chi connectivity index (χ4n) is 2.60. The summed E-state index contributed by atoms with van der Waals surface area (Å²) in [7, 11) is 2.02. The zero-order chi connectivity index (χ0) is 18.2. The van der Waals surface area contributed by atoms with Gasteiger partial charge in [0.2, 0.25) is 0 Å². The topological polar surface area (TPSA) is 41.6 Å². The largest absolute Gasteiger partial charge is 0.480 e. The minimum atomic E-state index is -0.470. The first-order chi connectivity index (χ1) is 12.0. The fourth-order valence-corrected chi connectivity index (χ4v) is 2.60. The van der Waals surface area contributed by atoms with Crippen molar-refractivity contribution in [2.45, 2.75) is 33.3 Å². The van der Waals surface area contributed by atoms with Gasteiger partial charge in [-0.25, -0.2) is 0 Å². The van der Waals surface area contributed by atoms with Crippen molar-refractivity contribution in [3.63, 3.8) is 0 Å². The lowest BCUT2D eigenvalue weighted by Crippen LogP contribution is -2.41. The van der Waals surface area contributed by atoms with Gasteiger partial charge < -0.3 is 15.0 Å². The maximum atomic E-state index is 12.4. The maximum absolute atomic E-state index is 12.4. The molecule has 1 N–H and O–H groups in total. The normalized spacial score (nSPS) is 11.7. The summed E-state index contributed by atoms with van der Waals surface area (Å²) < 4.78 is 5.95. The Balaban J connectivity index is 1.86. The number of nitrogens with one attached hydrogen (secondary N) is 1. The van der Waals surface area contributed by atoms with E-state index in [4.69, 9.17) is 4.74 Å². The highest BCUT2D eigenvalue weighted by Crippen LogP contribution is 2.22. The first kappa shape index (κ1) is 18.8. The smallest absolute Gasteiger partial charge is 0.261 e. The number of rotatable bonds is 8. The molecule has 0 aromatic heterocycles. The average molecular weight is 340 g/mol. The predicted octanol–water partition coefficient (Wildman–Crippen LogP) is 3.71. The highest BCUT2D eigenvalue weighted by Gasteiger charge is 2.19. The summed E-state index contributed by atoms with van der Waals surface area (Å²) in [5, 5.41) is 2.98. The molecule has 1 amide bonds. The molecule has 0 aliphatic rings. The van der Waals surface area contributed by atoms with Crippen LogP contribution in [0.3, 0.4) is 0 Å². The number of anilines is 1. The molecule has 2 aromatic carbocycles. The number of nitrogens with zero attached hydrogens (tertiary/aromatic N) is 1. The van der Waals surface area contributed by atoms with Gasteiger partial charge in [-0.15, -0.1) is 0 Å². The third kappa shape index (κ3) is 5.24. The Kier molecular flexibility index (Phi) is 6.87. The van der Waals surface area contributed by atoms with E-state index in [9.17, 15) is 4.79 Å². The number of benzene rings is 2. The van der Waals surface area contributed by atoms with Crippen molar-refractivity contribution in [3.05, 3.63) is 59.7 Å². The van der Waals surface area contributed by atoms with Gasteiger partial charge in [-0.05, 0) is 49.6 Å². The first-order valence-corrected chi connectivity index (χ1v) is 8.79. The molecule has 0 bridgehead atoms. The molecular formula is C21H28N2O2. The molecule has 2 rings (SSSR count). The van der Waals surface area contributed by atoms with Crippen LogP contribution in [-0.2, 0) is 4.79 Å². The quantitative estimate of drug-likeness (QED) is 0.796. The summed E-state index contributed by atoms with van der Waals surface area (Å²) in [4.78, 5) is 14.6. The van der Waals surface area contributed by atoms with E-state index in [1.54, 1.807) is 0 Å². The van der Waals surface area contributed by atoms with Crippen LogP contribution >= 0.6 is 0 Å². The number of aryl methyl sites for hydroxylation is 1. The Morgan fingerprint density at radius 3 is 2.52 bits per heavy atom. The summed E-state index contributed by atoms with van der Waals surface area (Å²) in [5.41, 5.74) is 3.38. The number of carbonyl (C=O) groups is 1. The van der Waals surface area contributed by atoms with E-state index in [0.717, 1.165) is 29.1 Å². The molecule has 0 aliphatic carbocycles. The molecule has 0 spiro atoms. The lowest BCUT2D eigenvalue weighted by atomic mass is 10.1. The number of hydrogen-bond acceptors (Lipinski definition) is 3. The molecule has 134 valence electrons. The molecule has 0 radical (unpaired) electrons. The monoisotopic (exact) mass is 340 g/mol. The van der Waals surface area contributed by atoms with Gasteiger partial charge in [0.15, 0.2) is 6.10 Å². The number of para-hydroxylation sites is 1. The van der Waals surface area contributed by atoms with Crippen molar-refractivity contribution in [2.75, 3.05) is 25.0 Å². The van der Waals surface area contributed by atoms with E-state index in [1.807, 2.05) is 64.2 Å². The van der Waals surface area contributed by atoms with Crippen molar-refractivity contribution in [2.24, 2.45) is 0 Å². The standard InChI is InChI=1S/C21H28N2O2/c1-5-19(25-20-13-9-10-16(2)17(20)3)21(24)22-14-15-23(4)18-11-7-6-8-12-18/h6-13,19H,5,14-15H2,1-4H3,(H,22,24)/t19-/m0/s1. The molecular weight excluding hydrogens is 312 g/mol. The minimum Gasteiger partial charge on any atom is -0.480 e. The van der Waals surface area contributed by atoms with Crippen LogP contribution in [-0.4, -0.2) is 32.1 Å². The Bertz CT molecular complexity index is 686. The Hall–Kier alpha value is -2.49. The average Bonchev–Trinajstić information content (AvgIpc) is 2.63. The molecule has 0 fully saturated rings. The van der Waals surface area contributed by atoms with E-state index in [0.29, 0.717) is 13.0 Å². The summed E-state index contributed by atoms with van der Waals surface area (Å²) >= 11 is 0. The van der Waals surface area contributed by atoms with Crippen molar-refractivity contribution in [3.8, 4) is 5.75 Å². The molecule has 25 heavy (non-hydrogen) atoms. The first-order valence-electron chi connectivity index (χ1n) is 8.79. The van der Waals surface area contributed by atoms with Gasteiger partial charge in [0.25, 0.3) is 5.91 Å². The van der Waals surface area contributed by atoms with Gasteiger partial charge >= 0.3 is 0 Å². The highest BCUT2D eigenvalue weighted by molar-refractivity contribution is 5.81. The molecule has 2 aromatic rings. The number of likely N-dealkylation sites (N-methyl/N-ethyl adjacent to an activating group) is 1. The molecule has 0 unspecified atom stereocenters. The van der Waals surface area contributed by atoms with Gasteiger partial charge in [-0.1, -0.05) is 37.3 Å². The second-order valence-electron chi connectivity index (χ2n) is 6.26. The fraction of sp³-hybridized carbons (Fsp3) is 0.381. The van der Waals surface area contributed by atoms with E-state index in [1.165, 1.54) is 0 Å². The molecule has 0 saturated heterocycles. The molecule has 1 atom stereocenters. The van der Waals surface area contributed by atoms with E-state index >= 15 is 0 Å². The van der Waals surface area contributed by atoms with Crippen LogP contribution in [0.4, 0.5) is 5.69 Å². The van der Waals surface area contributed by atoms with Crippen LogP contribution in [0.2, 0.25) is 0 Å². The van der Waals surface area contributed by atoms with Gasteiger partial charge in [-0.3, -0.25) is 4.79 Å². The maximum Gasteiger partial charge on any atom is 0.261 e. The molecule has 0 aliphatic heterocycles. The zero-order valence-corrected chi connectivity index (χ0v) is 15.6. The van der Waals surface area contributed by atoms with E-state index < -0.39 is 6.10 Å². The van der Waals surface area contributed by atoms with Gasteiger partial charge in [0, 0.05) is 25.8 Å². The number of ether oxygens (including phenoxy) is 1. The lowest BCUT2D eigenvalue weighted by Gasteiger charge is -2.22. The Morgan fingerprint density at radius 1 is 1.12 bits per heavy atom. The van der Waals surface area contributed by atoms with Crippen LogP contribution in [0.1, 0.15) is 24.5 Å². The van der Waals surface area contributed by atoms with Crippen LogP contribution < -0.4 is 15.0 Å². The number of carbonyl (C=O) groups excluding carboxylic acids is 1. The van der Waals surface area contributed by atoms with Gasteiger partial charge in [0.1, 0.15) is 5.75 Å². The number of amides is 1. The SMILES string of the molecule is CC[C@H](Oc1cccc(C)c1C)C(=O)NCCN(C)c1ccccc1. The third-order valence-corrected chi connectivity index (χ3v) is 4.43. The Morgan fingerprint density at radius 2 is 1.84 bits per heavy atom. The highest BCUT2D eigenvalue weighted by atomic mass is 16.5. The lowest BCUT2D eigenvalue weighted by molar-refractivity contribution is -0.128. The van der Waals surface area contributed by atoms with Crippen molar-refractivity contribution in [1.82, 2.24) is 5.32 Å². The van der Waals surface area contributed by atoms with E-state index in [-0.39, 0.29) is 5.91 Å². The van der Waals surface area contributed by atoms with E-state index in [2.05, 4.69) is 22.3 Å². The van der Waals surface area contributed by atoms with Crippen LogP contribution in [0.15, 0.2) is 48.5 Å². The molecule has 0 heterocycles. The third-order valence-electron chi connectivity index (χ3n) is 4.43. The van der Waals surface area contributed by atoms with Crippen LogP contribution in [0.25, 0.3) is 0 Å². The van der Waals surface area contributed by atoms with Crippen molar-refractivity contribution in [1.29, 1.82) is 0 Å². The second-order valence-corrected chi connectivity index (χ2v) is 6.26. The summed E-state index contributed by atoms with van der Waals surface area (Å²) in [6.07, 6.45) is 0.163. The van der Waals surface area contributed by atoms with Gasteiger partial charge in [0.05, 0.1) is 0 Å². The molecule has 0 saturated carbocycles. The van der Waals surface area contributed by atoms with Crippen LogP contribution in [0.5, 0.6) is 5.75 Å². The number of hydrogen-bond donors (Lipinski definition) is 1. The summed E-state index contributed by atoms with van der Waals surface area (Å²) in [6.45, 7) is 7.35. The van der Waals surface area contributed by atoms with Crippen molar-refractivity contribution >= 4 is 11.6 Å². The molecule has 4 heteroatoms.